The van der Waals surface area contributed by atoms with Crippen molar-refractivity contribution in [3.05, 3.63) is 60.2 Å². The van der Waals surface area contributed by atoms with Gasteiger partial charge >= 0.3 is 0 Å². The average molecular weight is 350 g/mol. The molecule has 2 aromatic rings. The fourth-order valence-electron chi connectivity index (χ4n) is 3.92. The first-order valence-electron chi connectivity index (χ1n) is 9.15. The van der Waals surface area contributed by atoms with Crippen LogP contribution in [0.2, 0.25) is 0 Å². The number of furan rings is 1. The minimum absolute atomic E-state index is 0.00257. The van der Waals surface area contributed by atoms with Gasteiger partial charge in [0, 0.05) is 18.5 Å². The van der Waals surface area contributed by atoms with Gasteiger partial charge in [-0.2, -0.15) is 0 Å². The number of nitrogens with one attached hydrogen (secondary N) is 1. The molecule has 1 N–H and O–H groups in total. The molecule has 2 aliphatic rings. The molecular weight excluding hydrogens is 328 g/mol. The van der Waals surface area contributed by atoms with Crippen LogP contribution in [0.4, 0.5) is 11.4 Å². The standard InChI is InChI=1S/C21H22N2O3/c1-2-7-19(25)23-16-10-4-3-8-14(16)22-15-9-5-11-17(24)20(15)21(23)18-12-6-13-26-18/h3-4,6,8-10,12-13,20-22H,2,5,7,11H2,1H3/t20-,21+/m0/s1. The molecule has 5 heteroatoms. The number of amides is 1. The topological polar surface area (TPSA) is 62.6 Å². The van der Waals surface area contributed by atoms with E-state index in [0.29, 0.717) is 25.0 Å². The van der Waals surface area contributed by atoms with Crippen molar-refractivity contribution in [1.82, 2.24) is 0 Å². The molecule has 26 heavy (non-hydrogen) atoms. The van der Waals surface area contributed by atoms with E-state index >= 15 is 0 Å². The van der Waals surface area contributed by atoms with Gasteiger partial charge in [0.25, 0.3) is 0 Å². The number of ketones is 1. The first-order chi connectivity index (χ1) is 12.7. The van der Waals surface area contributed by atoms with Gasteiger partial charge in [0.2, 0.25) is 5.91 Å². The van der Waals surface area contributed by atoms with Crippen LogP contribution in [-0.2, 0) is 9.59 Å². The minimum Gasteiger partial charge on any atom is -0.467 e. The Morgan fingerprint density at radius 1 is 1.27 bits per heavy atom. The highest BCUT2D eigenvalue weighted by Crippen LogP contribution is 2.46. The molecule has 1 aromatic carbocycles. The molecule has 1 aliphatic heterocycles. The molecule has 5 nitrogen and oxygen atoms in total. The van der Waals surface area contributed by atoms with E-state index in [2.05, 4.69) is 11.4 Å². The summed E-state index contributed by atoms with van der Waals surface area (Å²) in [6, 6.07) is 10.9. The third-order valence-electron chi connectivity index (χ3n) is 5.04. The number of para-hydroxylation sites is 2. The highest BCUT2D eigenvalue weighted by Gasteiger charge is 2.44. The molecule has 0 spiro atoms. The Kier molecular flexibility index (Phi) is 4.37. The lowest BCUT2D eigenvalue weighted by atomic mass is 9.83. The van der Waals surface area contributed by atoms with Crippen molar-refractivity contribution < 1.29 is 14.0 Å². The Bertz CT molecular complexity index is 854. The maximum Gasteiger partial charge on any atom is 0.227 e. The van der Waals surface area contributed by atoms with E-state index in [9.17, 15) is 9.59 Å². The summed E-state index contributed by atoms with van der Waals surface area (Å²) in [5, 5.41) is 3.42. The number of anilines is 2. The molecule has 134 valence electrons. The van der Waals surface area contributed by atoms with Crippen LogP contribution in [0.25, 0.3) is 0 Å². The van der Waals surface area contributed by atoms with E-state index in [-0.39, 0.29) is 11.7 Å². The molecule has 0 unspecified atom stereocenters. The van der Waals surface area contributed by atoms with Gasteiger partial charge in [-0.1, -0.05) is 25.1 Å². The second kappa shape index (κ2) is 6.83. The Hall–Kier alpha value is -2.82. The number of benzene rings is 1. The van der Waals surface area contributed by atoms with Crippen LogP contribution >= 0.6 is 0 Å². The number of carbonyl (C=O) groups is 2. The van der Waals surface area contributed by atoms with E-state index in [4.69, 9.17) is 4.42 Å². The average Bonchev–Trinajstić information content (AvgIpc) is 3.11. The van der Waals surface area contributed by atoms with Gasteiger partial charge in [0.15, 0.2) is 0 Å². The van der Waals surface area contributed by atoms with Gasteiger partial charge in [0.05, 0.1) is 23.6 Å². The molecule has 2 atom stereocenters. The van der Waals surface area contributed by atoms with Gasteiger partial charge in [-0.25, -0.2) is 0 Å². The lowest BCUT2D eigenvalue weighted by Gasteiger charge is -2.34. The van der Waals surface area contributed by atoms with Crippen molar-refractivity contribution in [3.63, 3.8) is 0 Å². The smallest absolute Gasteiger partial charge is 0.227 e. The molecule has 1 aliphatic carbocycles. The van der Waals surface area contributed by atoms with Crippen LogP contribution in [-0.4, -0.2) is 11.7 Å². The molecule has 1 amide bonds. The molecule has 4 rings (SSSR count). The number of hydrogen-bond acceptors (Lipinski definition) is 4. The molecule has 0 fully saturated rings. The molecule has 0 bridgehead atoms. The van der Waals surface area contributed by atoms with Crippen LogP contribution in [0.1, 0.15) is 44.4 Å². The number of rotatable bonds is 3. The largest absolute Gasteiger partial charge is 0.467 e. The first-order valence-corrected chi connectivity index (χ1v) is 9.15. The lowest BCUT2D eigenvalue weighted by Crippen LogP contribution is -2.41. The first kappa shape index (κ1) is 16.6. The van der Waals surface area contributed by atoms with Crippen molar-refractivity contribution in [2.75, 3.05) is 10.2 Å². The Balaban J connectivity index is 1.94. The molecule has 0 saturated carbocycles. The van der Waals surface area contributed by atoms with Crippen molar-refractivity contribution in [1.29, 1.82) is 0 Å². The summed E-state index contributed by atoms with van der Waals surface area (Å²) in [6.07, 6.45) is 6.04. The number of fused-ring (bicyclic) bond motifs is 2. The van der Waals surface area contributed by atoms with E-state index < -0.39 is 12.0 Å². The second-order valence-electron chi connectivity index (χ2n) is 6.76. The number of hydrogen-bond donors (Lipinski definition) is 1. The van der Waals surface area contributed by atoms with Crippen LogP contribution in [0, 0.1) is 5.92 Å². The Morgan fingerprint density at radius 3 is 2.88 bits per heavy atom. The van der Waals surface area contributed by atoms with Gasteiger partial charge in [-0.3, -0.25) is 14.5 Å². The van der Waals surface area contributed by atoms with E-state index in [1.165, 1.54) is 0 Å². The van der Waals surface area contributed by atoms with Gasteiger partial charge in [-0.05, 0) is 37.1 Å². The van der Waals surface area contributed by atoms with E-state index in [1.807, 2.05) is 37.3 Å². The normalized spacial score (nSPS) is 22.0. The van der Waals surface area contributed by atoms with Crippen LogP contribution < -0.4 is 10.2 Å². The highest BCUT2D eigenvalue weighted by atomic mass is 16.3. The zero-order chi connectivity index (χ0) is 18.1. The van der Waals surface area contributed by atoms with E-state index in [1.54, 1.807) is 17.2 Å². The quantitative estimate of drug-likeness (QED) is 0.889. The maximum atomic E-state index is 13.1. The number of Topliss-reactive ketones (excluding diaryl/α,β-unsaturated/α-hetero) is 1. The monoisotopic (exact) mass is 350 g/mol. The van der Waals surface area contributed by atoms with E-state index in [0.717, 1.165) is 23.5 Å². The van der Waals surface area contributed by atoms with Crippen molar-refractivity contribution in [2.45, 2.75) is 38.6 Å². The summed E-state index contributed by atoms with van der Waals surface area (Å²) in [5.41, 5.74) is 2.49. The summed E-state index contributed by atoms with van der Waals surface area (Å²) in [4.78, 5) is 27.8. The zero-order valence-electron chi connectivity index (χ0n) is 14.8. The number of carbonyl (C=O) groups excluding carboxylic acids is 2. The Morgan fingerprint density at radius 2 is 2.12 bits per heavy atom. The summed E-state index contributed by atoms with van der Waals surface area (Å²) in [7, 11) is 0. The maximum absolute atomic E-state index is 13.1. The third kappa shape index (κ3) is 2.73. The SMILES string of the molecule is CCCC(=O)N1c2ccccc2NC2=CCCC(=O)[C@H]2[C@H]1c1ccco1. The highest BCUT2D eigenvalue weighted by molar-refractivity contribution is 6.00. The molecule has 0 radical (unpaired) electrons. The van der Waals surface area contributed by atoms with Gasteiger partial charge in [-0.15, -0.1) is 0 Å². The predicted octanol–water partition coefficient (Wildman–Crippen LogP) is 4.44. The summed E-state index contributed by atoms with van der Waals surface area (Å²) in [6.45, 7) is 1.98. The van der Waals surface area contributed by atoms with Crippen molar-refractivity contribution in [2.24, 2.45) is 5.92 Å². The van der Waals surface area contributed by atoms with Gasteiger partial charge < -0.3 is 9.73 Å². The van der Waals surface area contributed by atoms with Crippen molar-refractivity contribution in [3.8, 4) is 0 Å². The predicted molar refractivity (Wildman–Crippen MR) is 99.7 cm³/mol. The second-order valence-corrected chi connectivity index (χ2v) is 6.76. The summed E-state index contributed by atoms with van der Waals surface area (Å²) >= 11 is 0. The summed E-state index contributed by atoms with van der Waals surface area (Å²) in [5.74, 6) is 0.337. The molecule has 1 aromatic heterocycles. The Labute approximate surface area is 152 Å². The zero-order valence-corrected chi connectivity index (χ0v) is 14.8. The fraction of sp³-hybridized carbons (Fsp3) is 0.333. The third-order valence-corrected chi connectivity index (χ3v) is 5.04. The van der Waals surface area contributed by atoms with Crippen LogP contribution in [0.3, 0.4) is 0 Å². The number of nitrogens with zero attached hydrogens (tertiary/aromatic N) is 1. The van der Waals surface area contributed by atoms with Crippen LogP contribution in [0.5, 0.6) is 0 Å². The van der Waals surface area contributed by atoms with Crippen LogP contribution in [0.15, 0.2) is 58.9 Å². The lowest BCUT2D eigenvalue weighted by molar-refractivity contribution is -0.123. The van der Waals surface area contributed by atoms with Gasteiger partial charge in [0.1, 0.15) is 17.6 Å². The van der Waals surface area contributed by atoms with Crippen molar-refractivity contribution >= 4 is 23.1 Å². The minimum atomic E-state index is -0.473. The fourth-order valence-corrected chi connectivity index (χ4v) is 3.92. The molecular formula is C21H22N2O3. The summed E-state index contributed by atoms with van der Waals surface area (Å²) < 4.78 is 5.70. The molecule has 2 heterocycles. The molecule has 0 saturated heterocycles. The number of allylic oxidation sites excluding steroid dienone is 1.